The van der Waals surface area contributed by atoms with Crippen LogP contribution in [0.3, 0.4) is 0 Å². The highest BCUT2D eigenvalue weighted by atomic mass is 35.5. The number of hydrogen-bond acceptors (Lipinski definition) is 9. The van der Waals surface area contributed by atoms with Gasteiger partial charge in [0.25, 0.3) is 0 Å². The lowest BCUT2D eigenvalue weighted by atomic mass is 10.1. The normalized spacial score (nSPS) is 18.5. The number of hydrogen-bond donors (Lipinski definition) is 0. The van der Waals surface area contributed by atoms with Gasteiger partial charge in [0.2, 0.25) is 0 Å². The minimum atomic E-state index is 0. The monoisotopic (exact) mass is 1150 g/mol. The molecular formula is C54H78Cl8N8S. The minimum Gasteiger partial charge on any atom is -0.301 e. The summed E-state index contributed by atoms with van der Waals surface area (Å²) >= 11 is 27.1. The predicted octanol–water partition coefficient (Wildman–Crippen LogP) is 11.6. The highest BCUT2D eigenvalue weighted by Crippen LogP contribution is 2.30. The van der Waals surface area contributed by atoms with Crippen LogP contribution in [0.4, 0.5) is 0 Å². The number of piperazine rings is 4. The number of halogens is 8. The molecule has 8 nitrogen and oxygen atoms in total. The van der Waals surface area contributed by atoms with Gasteiger partial charge in [-0.25, -0.2) is 0 Å². The van der Waals surface area contributed by atoms with Gasteiger partial charge in [-0.05, 0) is 123 Å². The summed E-state index contributed by atoms with van der Waals surface area (Å²) in [4.78, 5) is 21.5. The zero-order chi connectivity index (χ0) is 46.2. The van der Waals surface area contributed by atoms with Crippen LogP contribution in [-0.4, -0.2) is 181 Å². The molecule has 0 aromatic heterocycles. The van der Waals surface area contributed by atoms with E-state index in [-0.39, 0.29) is 49.6 Å². The third-order valence-corrected chi connectivity index (χ3v) is 17.3. The first-order valence-electron chi connectivity index (χ1n) is 25.1. The van der Waals surface area contributed by atoms with Gasteiger partial charge in [-0.2, -0.15) is 11.8 Å². The number of thioether (sulfide) groups is 1. The molecule has 4 aliphatic heterocycles. The van der Waals surface area contributed by atoms with Crippen LogP contribution in [0.5, 0.6) is 0 Å². The lowest BCUT2D eigenvalue weighted by Gasteiger charge is -2.38. The fourth-order valence-corrected chi connectivity index (χ4v) is 12.2. The standard InChI is InChI=1S/C54H74Cl4N8S.4ClH/c55-49-9-1-45(2-10-49)41-63-33-25-59(26-34-63)21-17-53(18-22-60-27-35-64(36-28-60)42-46-3-11-50(56)12-4-46)67-54(19-23-61-29-37-65(38-30-61)43-47-5-13-51(57)14-6-47)20-24-62-31-39-66(40-32-62)44-48-7-15-52(58)16-8-48;;;;/h1-16,53-54H,17-44H2;4*1H. The maximum Gasteiger partial charge on any atom is 0.0406 e. The second-order valence-corrected chi connectivity index (χ2v) is 22.9. The van der Waals surface area contributed by atoms with Crippen molar-refractivity contribution in [1.29, 1.82) is 0 Å². The van der Waals surface area contributed by atoms with Gasteiger partial charge in [0.05, 0.1) is 0 Å². The third kappa shape index (κ3) is 22.0. The molecule has 0 amide bonds. The van der Waals surface area contributed by atoms with Crippen LogP contribution in [-0.2, 0) is 26.2 Å². The van der Waals surface area contributed by atoms with Gasteiger partial charge in [-0.3, -0.25) is 19.6 Å². The molecule has 71 heavy (non-hydrogen) atoms. The molecule has 0 aliphatic carbocycles. The molecule has 0 radical (unpaired) electrons. The molecule has 0 saturated carbocycles. The van der Waals surface area contributed by atoms with E-state index in [2.05, 4.69) is 99.5 Å². The quantitative estimate of drug-likeness (QED) is 0.0762. The smallest absolute Gasteiger partial charge is 0.0406 e. The predicted molar refractivity (Wildman–Crippen MR) is 315 cm³/mol. The molecule has 4 aliphatic rings. The topological polar surface area (TPSA) is 25.9 Å². The first-order chi connectivity index (χ1) is 32.7. The summed E-state index contributed by atoms with van der Waals surface area (Å²) in [7, 11) is 0. The van der Waals surface area contributed by atoms with Crippen LogP contribution in [0, 0.1) is 0 Å². The second kappa shape index (κ2) is 33.4. The first-order valence-corrected chi connectivity index (χ1v) is 27.6. The van der Waals surface area contributed by atoms with Gasteiger partial charge in [0.15, 0.2) is 0 Å². The Morgan fingerprint density at radius 1 is 0.282 bits per heavy atom. The molecular weight excluding hydrogens is 1080 g/mol. The Morgan fingerprint density at radius 2 is 0.451 bits per heavy atom. The van der Waals surface area contributed by atoms with Crippen LogP contribution in [0.2, 0.25) is 20.1 Å². The minimum absolute atomic E-state index is 0. The van der Waals surface area contributed by atoms with Crippen LogP contribution in [0.25, 0.3) is 0 Å². The summed E-state index contributed by atoms with van der Waals surface area (Å²) in [6.07, 6.45) is 5.06. The molecule has 0 N–H and O–H groups in total. The van der Waals surface area contributed by atoms with Crippen molar-refractivity contribution in [2.45, 2.75) is 62.4 Å². The molecule has 0 bridgehead atoms. The third-order valence-electron chi connectivity index (χ3n) is 14.6. The summed E-state index contributed by atoms with van der Waals surface area (Å²) in [5.74, 6) is 0. The maximum atomic E-state index is 6.19. The lowest BCUT2D eigenvalue weighted by molar-refractivity contribution is 0.119. The molecule has 0 atom stereocenters. The highest BCUT2D eigenvalue weighted by Gasteiger charge is 2.26. The van der Waals surface area contributed by atoms with Crippen molar-refractivity contribution in [3.63, 3.8) is 0 Å². The Kier molecular flexibility index (Phi) is 29.5. The van der Waals surface area contributed by atoms with Gasteiger partial charge in [0, 0.05) is 161 Å². The molecule has 17 heteroatoms. The first kappa shape index (κ1) is 62.8. The number of rotatable bonds is 22. The Balaban J connectivity index is 0.00000274. The van der Waals surface area contributed by atoms with Crippen molar-refractivity contribution in [2.75, 3.05) is 131 Å². The largest absolute Gasteiger partial charge is 0.301 e. The Bertz CT molecular complexity index is 1720. The Hall–Kier alpha value is -0.770. The van der Waals surface area contributed by atoms with Crippen molar-refractivity contribution >= 4 is 108 Å². The Labute approximate surface area is 476 Å². The lowest BCUT2D eigenvalue weighted by Crippen LogP contribution is -2.47. The van der Waals surface area contributed by atoms with Crippen molar-refractivity contribution in [1.82, 2.24) is 39.2 Å². The van der Waals surface area contributed by atoms with Gasteiger partial charge in [-0.1, -0.05) is 94.9 Å². The van der Waals surface area contributed by atoms with Crippen LogP contribution in [0.1, 0.15) is 47.9 Å². The molecule has 4 aromatic rings. The zero-order valence-corrected chi connectivity index (χ0v) is 48.4. The van der Waals surface area contributed by atoms with Gasteiger partial charge >= 0.3 is 0 Å². The van der Waals surface area contributed by atoms with E-state index in [0.717, 1.165) is 151 Å². The van der Waals surface area contributed by atoms with Crippen LogP contribution >= 0.6 is 108 Å². The molecule has 0 unspecified atom stereocenters. The fourth-order valence-electron chi connectivity index (χ4n) is 10.2. The van der Waals surface area contributed by atoms with E-state index < -0.39 is 0 Å². The van der Waals surface area contributed by atoms with Crippen molar-refractivity contribution in [2.24, 2.45) is 0 Å². The van der Waals surface area contributed by atoms with Crippen LogP contribution in [0.15, 0.2) is 97.1 Å². The van der Waals surface area contributed by atoms with Crippen molar-refractivity contribution in [3.05, 3.63) is 139 Å². The summed E-state index contributed by atoms with van der Waals surface area (Å²) in [5, 5.41) is 4.55. The zero-order valence-electron chi connectivity index (χ0n) is 41.3. The summed E-state index contributed by atoms with van der Waals surface area (Å²) < 4.78 is 0. The second-order valence-electron chi connectivity index (χ2n) is 19.5. The highest BCUT2D eigenvalue weighted by molar-refractivity contribution is 8.00. The molecule has 4 saturated heterocycles. The summed E-state index contributed by atoms with van der Waals surface area (Å²) in [6.45, 7) is 27.0. The molecule has 4 heterocycles. The van der Waals surface area contributed by atoms with Gasteiger partial charge in [0.1, 0.15) is 0 Å². The van der Waals surface area contributed by atoms with Crippen molar-refractivity contribution < 1.29 is 0 Å². The summed E-state index contributed by atoms with van der Waals surface area (Å²) in [6, 6.07) is 33.6. The van der Waals surface area contributed by atoms with Gasteiger partial charge < -0.3 is 19.6 Å². The van der Waals surface area contributed by atoms with E-state index in [1.54, 1.807) is 0 Å². The molecule has 8 rings (SSSR count). The van der Waals surface area contributed by atoms with Crippen LogP contribution < -0.4 is 0 Å². The van der Waals surface area contributed by atoms with E-state index in [9.17, 15) is 0 Å². The maximum absolute atomic E-state index is 6.19. The van der Waals surface area contributed by atoms with E-state index in [4.69, 9.17) is 46.4 Å². The molecule has 4 fully saturated rings. The number of nitrogens with zero attached hydrogens (tertiary/aromatic N) is 8. The molecule has 0 spiro atoms. The fraction of sp³-hybridized carbons (Fsp3) is 0.556. The Morgan fingerprint density at radius 3 is 0.634 bits per heavy atom. The SMILES string of the molecule is Cl.Cl.Cl.Cl.Clc1ccc(CN2CCN(CCC(CCN3CCN(Cc4ccc(Cl)cc4)CC3)SC(CCN3CCN(Cc4ccc(Cl)cc4)CC3)CCN3CCN(Cc4ccc(Cl)cc4)CC3)CC2)cc1. The molecule has 396 valence electrons. The summed E-state index contributed by atoms with van der Waals surface area (Å²) in [5.41, 5.74) is 5.41. The average molecular weight is 1150 g/mol. The van der Waals surface area contributed by atoms with E-state index in [1.165, 1.54) is 74.1 Å². The van der Waals surface area contributed by atoms with Crippen molar-refractivity contribution in [3.8, 4) is 0 Å². The van der Waals surface area contributed by atoms with E-state index in [0.29, 0.717) is 10.5 Å². The van der Waals surface area contributed by atoms with Gasteiger partial charge in [-0.15, -0.1) is 49.6 Å². The van der Waals surface area contributed by atoms with E-state index >= 15 is 0 Å². The number of benzene rings is 4. The molecule has 4 aromatic carbocycles. The van der Waals surface area contributed by atoms with E-state index in [1.807, 2.05) is 48.5 Å². The average Bonchev–Trinajstić information content (AvgIpc) is 3.35.